The standard InChI is InChI=1S/C15H32NO6P/c1-5-7-13-20-15(17)9-8-10-16(3,4)11-14-22-23(18,19)21-12-6-2/h5-14H2,1-4H3/p+1. The maximum atomic E-state index is 11.5. The van der Waals surface area contributed by atoms with E-state index in [4.69, 9.17) is 13.8 Å². The number of phosphoric ester groups is 1. The largest absolute Gasteiger partial charge is 0.472 e. The van der Waals surface area contributed by atoms with Gasteiger partial charge < -0.3 is 14.1 Å². The minimum absolute atomic E-state index is 0.130. The fraction of sp³-hybridized carbons (Fsp3) is 0.933. The van der Waals surface area contributed by atoms with Crippen LogP contribution in [0.5, 0.6) is 0 Å². The number of hydrogen-bond donors (Lipinski definition) is 1. The van der Waals surface area contributed by atoms with Crippen LogP contribution in [0.3, 0.4) is 0 Å². The van der Waals surface area contributed by atoms with Crippen LogP contribution in [0.1, 0.15) is 46.0 Å². The molecule has 0 spiro atoms. The van der Waals surface area contributed by atoms with E-state index < -0.39 is 7.82 Å². The van der Waals surface area contributed by atoms with Crippen molar-refractivity contribution >= 4 is 13.8 Å². The second kappa shape index (κ2) is 12.0. The van der Waals surface area contributed by atoms with Gasteiger partial charge in [0.05, 0.1) is 40.3 Å². The zero-order chi connectivity index (χ0) is 17.8. The van der Waals surface area contributed by atoms with Gasteiger partial charge in [-0.15, -0.1) is 0 Å². The number of ether oxygens (including phenoxy) is 1. The Morgan fingerprint density at radius 3 is 2.26 bits per heavy atom. The number of unbranched alkanes of at least 4 members (excludes halogenated alkanes) is 1. The molecule has 0 aromatic rings. The highest BCUT2D eigenvalue weighted by atomic mass is 31.2. The molecule has 1 atom stereocenters. The molecule has 0 amide bonds. The molecule has 0 aromatic heterocycles. The average Bonchev–Trinajstić information content (AvgIpc) is 2.45. The first-order valence-corrected chi connectivity index (χ1v) is 9.81. The molecule has 0 saturated carbocycles. The van der Waals surface area contributed by atoms with Crippen LogP contribution in [-0.4, -0.2) is 62.4 Å². The molecule has 1 unspecified atom stereocenters. The van der Waals surface area contributed by atoms with Gasteiger partial charge in [0.15, 0.2) is 0 Å². The quantitative estimate of drug-likeness (QED) is 0.224. The van der Waals surface area contributed by atoms with E-state index in [2.05, 4.69) is 6.92 Å². The third-order valence-corrected chi connectivity index (χ3v) is 4.33. The molecular formula is C15H33NO6P+. The predicted molar refractivity (Wildman–Crippen MR) is 89.0 cm³/mol. The van der Waals surface area contributed by atoms with E-state index in [0.717, 1.165) is 19.4 Å². The molecule has 0 saturated heterocycles. The summed E-state index contributed by atoms with van der Waals surface area (Å²) in [5.74, 6) is -0.164. The molecule has 0 aromatic carbocycles. The zero-order valence-electron chi connectivity index (χ0n) is 15.0. The lowest BCUT2D eigenvalue weighted by molar-refractivity contribution is -0.890. The summed E-state index contributed by atoms with van der Waals surface area (Å²) in [6.45, 7) is 6.05. The van der Waals surface area contributed by atoms with Gasteiger partial charge in [-0.25, -0.2) is 4.57 Å². The van der Waals surface area contributed by atoms with Gasteiger partial charge in [0, 0.05) is 6.42 Å². The highest BCUT2D eigenvalue weighted by Crippen LogP contribution is 2.43. The van der Waals surface area contributed by atoms with Crippen molar-refractivity contribution in [2.75, 3.05) is 47.0 Å². The molecule has 0 bridgehead atoms. The topological polar surface area (TPSA) is 82.1 Å². The Morgan fingerprint density at radius 2 is 1.65 bits per heavy atom. The van der Waals surface area contributed by atoms with Crippen molar-refractivity contribution < 1.29 is 32.5 Å². The maximum Gasteiger partial charge on any atom is 0.472 e. The molecule has 0 heterocycles. The Hall–Kier alpha value is -0.460. The molecule has 0 rings (SSSR count). The van der Waals surface area contributed by atoms with Crippen molar-refractivity contribution in [3.05, 3.63) is 0 Å². The fourth-order valence-electron chi connectivity index (χ4n) is 1.81. The number of rotatable bonds is 14. The normalized spacial score (nSPS) is 14.5. The summed E-state index contributed by atoms with van der Waals surface area (Å²) in [6.07, 6.45) is 3.66. The lowest BCUT2D eigenvalue weighted by atomic mass is 10.2. The Labute approximate surface area is 140 Å². The molecule has 0 aliphatic rings. The minimum atomic E-state index is -3.94. The number of quaternary nitrogens is 1. The summed E-state index contributed by atoms with van der Waals surface area (Å²) in [6, 6.07) is 0. The molecule has 1 N–H and O–H groups in total. The minimum Gasteiger partial charge on any atom is -0.466 e. The van der Waals surface area contributed by atoms with Crippen LogP contribution in [0.15, 0.2) is 0 Å². The molecule has 23 heavy (non-hydrogen) atoms. The van der Waals surface area contributed by atoms with Crippen molar-refractivity contribution in [2.24, 2.45) is 0 Å². The van der Waals surface area contributed by atoms with Gasteiger partial charge in [0.25, 0.3) is 0 Å². The summed E-state index contributed by atoms with van der Waals surface area (Å²) in [4.78, 5) is 20.9. The number of esters is 1. The number of carbonyl (C=O) groups excluding carboxylic acids is 1. The van der Waals surface area contributed by atoms with Crippen molar-refractivity contribution in [3.8, 4) is 0 Å². The molecule has 138 valence electrons. The first-order chi connectivity index (χ1) is 10.7. The van der Waals surface area contributed by atoms with Crippen LogP contribution >= 0.6 is 7.82 Å². The molecule has 7 nitrogen and oxygen atoms in total. The summed E-state index contributed by atoms with van der Waals surface area (Å²) in [5.41, 5.74) is 0. The molecule has 0 fully saturated rings. The Balaban J connectivity index is 3.87. The number of phosphoric acid groups is 1. The number of nitrogens with zero attached hydrogens (tertiary/aromatic N) is 1. The van der Waals surface area contributed by atoms with E-state index in [1.54, 1.807) is 0 Å². The van der Waals surface area contributed by atoms with E-state index in [9.17, 15) is 14.3 Å². The fourth-order valence-corrected chi connectivity index (χ4v) is 2.61. The predicted octanol–water partition coefficient (Wildman–Crippen LogP) is 2.73. The molecular weight excluding hydrogens is 321 g/mol. The van der Waals surface area contributed by atoms with Gasteiger partial charge in [-0.05, 0) is 12.8 Å². The van der Waals surface area contributed by atoms with Crippen molar-refractivity contribution in [1.29, 1.82) is 0 Å². The van der Waals surface area contributed by atoms with Crippen molar-refractivity contribution in [3.63, 3.8) is 0 Å². The highest BCUT2D eigenvalue weighted by Gasteiger charge is 2.23. The molecule has 0 aliphatic carbocycles. The summed E-state index contributed by atoms with van der Waals surface area (Å²) in [5, 5.41) is 0. The van der Waals surface area contributed by atoms with Crippen LogP contribution in [0.2, 0.25) is 0 Å². The van der Waals surface area contributed by atoms with Gasteiger partial charge >= 0.3 is 13.8 Å². The van der Waals surface area contributed by atoms with Crippen LogP contribution in [0.4, 0.5) is 0 Å². The van der Waals surface area contributed by atoms with Crippen LogP contribution in [0, 0.1) is 0 Å². The summed E-state index contributed by atoms with van der Waals surface area (Å²) < 4.78 is 26.9. The number of carbonyl (C=O) groups is 1. The van der Waals surface area contributed by atoms with E-state index in [-0.39, 0.29) is 19.2 Å². The third kappa shape index (κ3) is 13.7. The van der Waals surface area contributed by atoms with Crippen LogP contribution in [-0.2, 0) is 23.1 Å². The SMILES string of the molecule is CCCCOC(=O)CCC[N+](C)(C)CCOP(=O)(O)OCCC. The second-order valence-corrected chi connectivity index (χ2v) is 7.65. The summed E-state index contributed by atoms with van der Waals surface area (Å²) >= 11 is 0. The lowest BCUT2D eigenvalue weighted by Gasteiger charge is -2.29. The van der Waals surface area contributed by atoms with Crippen molar-refractivity contribution in [2.45, 2.75) is 46.0 Å². The van der Waals surface area contributed by atoms with Crippen LogP contribution in [0.25, 0.3) is 0 Å². The lowest BCUT2D eigenvalue weighted by Crippen LogP contribution is -2.43. The van der Waals surface area contributed by atoms with Crippen LogP contribution < -0.4 is 0 Å². The smallest absolute Gasteiger partial charge is 0.466 e. The van der Waals surface area contributed by atoms with Gasteiger partial charge in [-0.3, -0.25) is 13.8 Å². The second-order valence-electron chi connectivity index (χ2n) is 6.20. The number of likely N-dealkylation sites (N-methyl/N-ethyl adjacent to an activating group) is 1. The Kier molecular flexibility index (Phi) is 11.7. The van der Waals surface area contributed by atoms with E-state index in [1.165, 1.54) is 0 Å². The first-order valence-electron chi connectivity index (χ1n) is 8.32. The zero-order valence-corrected chi connectivity index (χ0v) is 15.8. The van der Waals surface area contributed by atoms with Gasteiger partial charge in [0.1, 0.15) is 13.2 Å². The maximum absolute atomic E-state index is 11.5. The first kappa shape index (κ1) is 22.5. The van der Waals surface area contributed by atoms with Gasteiger partial charge in [-0.2, -0.15) is 0 Å². The van der Waals surface area contributed by atoms with E-state index in [1.807, 2.05) is 21.0 Å². The molecule has 0 radical (unpaired) electrons. The van der Waals surface area contributed by atoms with Gasteiger partial charge in [0.2, 0.25) is 0 Å². The van der Waals surface area contributed by atoms with E-state index in [0.29, 0.717) is 36.9 Å². The molecule has 0 aliphatic heterocycles. The highest BCUT2D eigenvalue weighted by molar-refractivity contribution is 7.47. The Morgan fingerprint density at radius 1 is 1.00 bits per heavy atom. The van der Waals surface area contributed by atoms with Crippen molar-refractivity contribution in [1.82, 2.24) is 0 Å². The Bertz CT molecular complexity index is 375. The summed E-state index contributed by atoms with van der Waals surface area (Å²) in [7, 11) is 0.0376. The van der Waals surface area contributed by atoms with E-state index >= 15 is 0 Å². The van der Waals surface area contributed by atoms with Gasteiger partial charge in [-0.1, -0.05) is 20.3 Å². The molecule has 8 heteroatoms. The monoisotopic (exact) mass is 354 g/mol. The number of hydrogen-bond acceptors (Lipinski definition) is 5. The average molecular weight is 354 g/mol. The third-order valence-electron chi connectivity index (χ3n) is 3.31.